The summed E-state index contributed by atoms with van der Waals surface area (Å²) in [5.41, 5.74) is 5.69. The first-order valence-corrected chi connectivity index (χ1v) is 22.8. The van der Waals surface area contributed by atoms with Gasteiger partial charge in [0.05, 0.1) is 13.2 Å². The number of allylic oxidation sites excluding steroid dienone is 4. The fourth-order valence-electron chi connectivity index (χ4n) is 6.57. The van der Waals surface area contributed by atoms with Crippen LogP contribution in [0.3, 0.4) is 0 Å². The molecular formula is C46H86N2O7. The van der Waals surface area contributed by atoms with E-state index in [1.54, 1.807) is 0 Å². The molecule has 1 amide bonds. The molecular weight excluding hydrogens is 693 g/mol. The molecule has 0 aliphatic carbocycles. The fourth-order valence-corrected chi connectivity index (χ4v) is 6.57. The van der Waals surface area contributed by atoms with Crippen molar-refractivity contribution >= 4 is 17.8 Å². The van der Waals surface area contributed by atoms with Crippen LogP contribution in [-0.2, 0) is 28.6 Å². The van der Waals surface area contributed by atoms with Gasteiger partial charge in [0, 0.05) is 25.9 Å². The van der Waals surface area contributed by atoms with Crippen LogP contribution in [0, 0.1) is 0 Å². The van der Waals surface area contributed by atoms with Crippen molar-refractivity contribution in [1.82, 2.24) is 4.90 Å². The third-order valence-electron chi connectivity index (χ3n) is 10.2. The minimum atomic E-state index is -1.36. The summed E-state index contributed by atoms with van der Waals surface area (Å²) in [4.78, 5) is 39.9. The number of nitrogens with two attached hydrogens (primary N) is 1. The Morgan fingerprint density at radius 3 is 1.42 bits per heavy atom. The van der Waals surface area contributed by atoms with Crippen LogP contribution in [0.25, 0.3) is 0 Å². The van der Waals surface area contributed by atoms with E-state index in [9.17, 15) is 19.5 Å². The molecule has 0 aliphatic heterocycles. The molecule has 0 saturated heterocycles. The average Bonchev–Trinajstić information content (AvgIpc) is 3.17. The molecule has 3 N–H and O–H groups in total. The van der Waals surface area contributed by atoms with E-state index < -0.39 is 24.1 Å². The van der Waals surface area contributed by atoms with Crippen molar-refractivity contribution in [3.05, 3.63) is 24.3 Å². The van der Waals surface area contributed by atoms with E-state index in [1.807, 2.05) is 11.8 Å². The van der Waals surface area contributed by atoms with Crippen LogP contribution in [0.2, 0.25) is 0 Å². The number of amides is 1. The number of primary amides is 1. The molecule has 0 saturated carbocycles. The lowest BCUT2D eigenvalue weighted by Gasteiger charge is -2.26. The molecule has 0 spiro atoms. The van der Waals surface area contributed by atoms with Crippen molar-refractivity contribution in [3.8, 4) is 0 Å². The monoisotopic (exact) mass is 779 g/mol. The largest absolute Gasteiger partial charge is 0.463 e. The Morgan fingerprint density at radius 1 is 0.582 bits per heavy atom. The summed E-state index contributed by atoms with van der Waals surface area (Å²) >= 11 is 0. The summed E-state index contributed by atoms with van der Waals surface area (Å²) in [5, 5.41) is 9.33. The molecule has 9 nitrogen and oxygen atoms in total. The quantitative estimate of drug-likeness (QED) is 0.0356. The summed E-state index contributed by atoms with van der Waals surface area (Å²) in [5.74, 6) is -1.71. The molecule has 55 heavy (non-hydrogen) atoms. The first-order chi connectivity index (χ1) is 26.9. The summed E-state index contributed by atoms with van der Waals surface area (Å²) in [6.45, 7) is 8.15. The summed E-state index contributed by atoms with van der Waals surface area (Å²) in [6, 6.07) is 0. The Morgan fingerprint density at radius 2 is 1.00 bits per heavy atom. The molecule has 0 bridgehead atoms. The lowest BCUT2D eigenvalue weighted by atomic mass is 10.1. The number of aliphatic hydroxyl groups excluding tert-OH is 1. The second kappa shape index (κ2) is 41.4. The van der Waals surface area contributed by atoms with Crippen molar-refractivity contribution in [2.45, 2.75) is 213 Å². The minimum Gasteiger partial charge on any atom is -0.463 e. The van der Waals surface area contributed by atoms with E-state index in [1.165, 1.54) is 89.9 Å². The van der Waals surface area contributed by atoms with Gasteiger partial charge in [-0.05, 0) is 70.8 Å². The number of hydrogen-bond donors (Lipinski definition) is 2. The maximum atomic E-state index is 12.8. The lowest BCUT2D eigenvalue weighted by Crippen LogP contribution is -2.47. The molecule has 0 aliphatic rings. The molecule has 0 fully saturated rings. The lowest BCUT2D eigenvalue weighted by molar-refractivity contribution is -0.171. The zero-order chi connectivity index (χ0) is 40.5. The van der Waals surface area contributed by atoms with Crippen molar-refractivity contribution in [3.63, 3.8) is 0 Å². The van der Waals surface area contributed by atoms with Gasteiger partial charge in [-0.25, -0.2) is 0 Å². The molecule has 0 aromatic carbocycles. The number of nitrogens with zero attached hydrogens (tertiary/aromatic N) is 1. The smallest absolute Gasteiger partial charge is 0.306 e. The zero-order valence-electron chi connectivity index (χ0n) is 35.9. The first kappa shape index (κ1) is 52.8. The number of hydrogen-bond acceptors (Lipinski definition) is 8. The van der Waals surface area contributed by atoms with Gasteiger partial charge in [0.15, 0.2) is 0 Å². The van der Waals surface area contributed by atoms with Gasteiger partial charge in [-0.15, -0.1) is 0 Å². The molecule has 322 valence electrons. The van der Waals surface area contributed by atoms with Crippen LogP contribution < -0.4 is 5.73 Å². The van der Waals surface area contributed by atoms with Gasteiger partial charge < -0.3 is 25.1 Å². The van der Waals surface area contributed by atoms with E-state index in [0.29, 0.717) is 26.1 Å². The molecule has 0 rings (SSSR count). The van der Waals surface area contributed by atoms with E-state index in [4.69, 9.17) is 19.9 Å². The van der Waals surface area contributed by atoms with Crippen molar-refractivity contribution in [2.24, 2.45) is 5.73 Å². The highest BCUT2D eigenvalue weighted by Gasteiger charge is 2.32. The first-order valence-electron chi connectivity index (χ1n) is 22.8. The number of carbonyl (C=O) groups is 3. The molecule has 0 aromatic heterocycles. The Balaban J connectivity index is 4.51. The average molecular weight is 779 g/mol. The Kier molecular flexibility index (Phi) is 39.7. The van der Waals surface area contributed by atoms with E-state index in [-0.39, 0.29) is 38.6 Å². The van der Waals surface area contributed by atoms with Gasteiger partial charge in [-0.3, -0.25) is 19.3 Å². The summed E-state index contributed by atoms with van der Waals surface area (Å²) < 4.78 is 17.0. The van der Waals surface area contributed by atoms with Crippen LogP contribution in [0.15, 0.2) is 24.3 Å². The fraction of sp³-hybridized carbons (Fsp3) is 0.848. The second-order valence-corrected chi connectivity index (χ2v) is 15.2. The van der Waals surface area contributed by atoms with Gasteiger partial charge in [-0.1, -0.05) is 148 Å². The van der Waals surface area contributed by atoms with Crippen LogP contribution in [0.5, 0.6) is 0 Å². The highest BCUT2D eigenvalue weighted by atomic mass is 16.6. The highest BCUT2D eigenvalue weighted by molar-refractivity contribution is 5.83. The van der Waals surface area contributed by atoms with Crippen LogP contribution >= 0.6 is 0 Å². The van der Waals surface area contributed by atoms with Gasteiger partial charge in [-0.2, -0.15) is 0 Å². The maximum Gasteiger partial charge on any atom is 0.306 e. The van der Waals surface area contributed by atoms with Gasteiger partial charge in [0.25, 0.3) is 5.91 Å². The molecule has 0 aromatic rings. The third-order valence-corrected chi connectivity index (χ3v) is 10.2. The second-order valence-electron chi connectivity index (χ2n) is 15.2. The molecule has 9 heteroatoms. The number of likely N-dealkylation sites (N-methyl/N-ethyl adjacent to an activating group) is 1. The Labute approximate surface area is 338 Å². The van der Waals surface area contributed by atoms with Crippen LogP contribution in [-0.4, -0.2) is 79.5 Å². The third kappa shape index (κ3) is 35.9. The topological polar surface area (TPSA) is 128 Å². The van der Waals surface area contributed by atoms with Gasteiger partial charge in [0.1, 0.15) is 12.7 Å². The maximum absolute atomic E-state index is 12.8. The predicted octanol–water partition coefficient (Wildman–Crippen LogP) is 10.7. The number of esters is 2. The van der Waals surface area contributed by atoms with E-state index in [2.05, 4.69) is 38.2 Å². The van der Waals surface area contributed by atoms with Crippen molar-refractivity contribution in [1.29, 1.82) is 0 Å². The predicted molar refractivity (Wildman–Crippen MR) is 228 cm³/mol. The zero-order valence-corrected chi connectivity index (χ0v) is 35.9. The Hall–Kier alpha value is -2.23. The number of aliphatic hydroxyl groups is 1. The summed E-state index contributed by atoms with van der Waals surface area (Å²) in [7, 11) is 0. The number of carbonyl (C=O) groups excluding carboxylic acids is 3. The SMILES string of the molecule is CCCCCCCC/C=C\CCCCCCCC(=O)OCC(OCCN(CC)CCO)C(OC(=O)CCCCCCC/C=C\CCCCCCCC)C(N)=O. The molecule has 2 unspecified atom stereocenters. The van der Waals surface area contributed by atoms with E-state index >= 15 is 0 Å². The molecule has 0 radical (unpaired) electrons. The van der Waals surface area contributed by atoms with Gasteiger partial charge in [0.2, 0.25) is 6.10 Å². The minimum absolute atomic E-state index is 0.0170. The highest BCUT2D eigenvalue weighted by Crippen LogP contribution is 2.14. The van der Waals surface area contributed by atoms with Crippen LogP contribution in [0.1, 0.15) is 201 Å². The number of ether oxygens (including phenoxy) is 3. The molecule has 2 atom stereocenters. The van der Waals surface area contributed by atoms with Crippen molar-refractivity contribution < 1.29 is 33.7 Å². The number of unbranched alkanes of at least 4 members (excludes halogenated alkanes) is 22. The standard InChI is InChI=1S/C46H86N2O7/c1-4-7-9-11-13-15-17-19-21-23-25-27-29-31-33-35-43(50)54-41-42(53-40-38-48(6-3)37-39-49)45(46(47)52)55-44(51)36-34-32-30-28-26-24-22-20-18-16-14-12-10-8-5-2/h19-22,42,45,49H,4-18,23-41H2,1-3H3,(H2,47,52)/b21-19-,22-20-. The van der Waals surface area contributed by atoms with Gasteiger partial charge >= 0.3 is 11.9 Å². The molecule has 0 heterocycles. The summed E-state index contributed by atoms with van der Waals surface area (Å²) in [6.07, 6.45) is 37.8. The van der Waals surface area contributed by atoms with Crippen LogP contribution in [0.4, 0.5) is 0 Å². The Bertz CT molecular complexity index is 941. The van der Waals surface area contributed by atoms with Crippen molar-refractivity contribution in [2.75, 3.05) is 39.5 Å². The van der Waals surface area contributed by atoms with E-state index in [0.717, 1.165) is 70.6 Å². The normalized spacial score (nSPS) is 12.9. The number of rotatable bonds is 42.